The number of nitrogens with zero attached hydrogens (tertiary/aromatic N) is 2. The van der Waals surface area contributed by atoms with Gasteiger partial charge in [0.25, 0.3) is 0 Å². The monoisotopic (exact) mass is 460 g/mol. The molecular weight excluding hydrogens is 431 g/mol. The first-order chi connectivity index (χ1) is 16.5. The molecule has 0 spiro atoms. The van der Waals surface area contributed by atoms with Crippen molar-refractivity contribution in [3.63, 3.8) is 0 Å². The summed E-state index contributed by atoms with van der Waals surface area (Å²) in [5.74, 6) is -0.826. The molecule has 2 aromatic carbocycles. The number of rotatable bonds is 6. The number of hydrogen-bond donors (Lipinski definition) is 2. The highest BCUT2D eigenvalue weighted by Gasteiger charge is 2.34. The molecular formula is C27H29FN4O2. The van der Waals surface area contributed by atoms with Crippen LogP contribution in [0.5, 0.6) is 0 Å². The molecule has 0 radical (unpaired) electrons. The molecule has 7 heteroatoms. The number of amides is 3. The van der Waals surface area contributed by atoms with E-state index in [0.29, 0.717) is 38.2 Å². The number of carbonyl (C=O) groups excluding carboxylic acids is 2. The molecule has 0 bridgehead atoms. The zero-order valence-corrected chi connectivity index (χ0v) is 19.2. The summed E-state index contributed by atoms with van der Waals surface area (Å²) in [7, 11) is 0. The van der Waals surface area contributed by atoms with Crippen molar-refractivity contribution in [2.75, 3.05) is 13.1 Å². The summed E-state index contributed by atoms with van der Waals surface area (Å²) in [5, 5.41) is 5.92. The molecule has 2 unspecified atom stereocenters. The molecule has 0 saturated carbocycles. The van der Waals surface area contributed by atoms with E-state index in [0.717, 1.165) is 16.8 Å². The Bertz CT molecular complexity index is 1060. The smallest absolute Gasteiger partial charge is 0.317 e. The summed E-state index contributed by atoms with van der Waals surface area (Å²) >= 11 is 0. The summed E-state index contributed by atoms with van der Waals surface area (Å²) in [6.07, 6.45) is 2.27. The number of carbonyl (C=O) groups is 2. The second-order valence-electron chi connectivity index (χ2n) is 8.73. The van der Waals surface area contributed by atoms with Crippen molar-refractivity contribution in [3.05, 3.63) is 101 Å². The minimum atomic E-state index is -0.379. The summed E-state index contributed by atoms with van der Waals surface area (Å²) < 4.78 is 13.9. The highest BCUT2D eigenvalue weighted by molar-refractivity contribution is 5.81. The Morgan fingerprint density at radius 3 is 2.53 bits per heavy atom. The molecule has 4 rings (SSSR count). The van der Waals surface area contributed by atoms with Gasteiger partial charge in [-0.25, -0.2) is 9.18 Å². The fourth-order valence-corrected chi connectivity index (χ4v) is 4.33. The Labute approximate surface area is 199 Å². The molecule has 34 heavy (non-hydrogen) atoms. The summed E-state index contributed by atoms with van der Waals surface area (Å²) in [6.45, 7) is 3.26. The van der Waals surface area contributed by atoms with Crippen molar-refractivity contribution in [1.29, 1.82) is 0 Å². The average molecular weight is 461 g/mol. The Balaban J connectivity index is 1.47. The lowest BCUT2D eigenvalue weighted by Crippen LogP contribution is -2.50. The normalized spacial score (nSPS) is 17.8. The van der Waals surface area contributed by atoms with E-state index in [4.69, 9.17) is 0 Å². The van der Waals surface area contributed by atoms with Crippen LogP contribution in [0.25, 0.3) is 0 Å². The number of piperidine rings is 1. The van der Waals surface area contributed by atoms with Gasteiger partial charge in [0.15, 0.2) is 0 Å². The topological polar surface area (TPSA) is 74.3 Å². The third-order valence-corrected chi connectivity index (χ3v) is 6.22. The first kappa shape index (κ1) is 23.4. The van der Waals surface area contributed by atoms with E-state index in [2.05, 4.69) is 15.6 Å². The quantitative estimate of drug-likeness (QED) is 0.580. The van der Waals surface area contributed by atoms with Crippen LogP contribution < -0.4 is 10.6 Å². The standard InChI is InChI=1S/C27H29FN4O2/c1-19-13-21(10-11-25(19)28)22-14-23(26(33)30-16-24-9-5-6-12-29-24)18-32(17-22)27(34)31-15-20-7-3-2-4-8-20/h2-13,22-23H,14-18H2,1H3,(H,30,33)(H,31,34). The van der Waals surface area contributed by atoms with E-state index in [1.165, 1.54) is 6.07 Å². The maximum atomic E-state index is 13.9. The highest BCUT2D eigenvalue weighted by Crippen LogP contribution is 2.31. The zero-order valence-electron chi connectivity index (χ0n) is 19.2. The van der Waals surface area contributed by atoms with Crippen LogP contribution in [-0.4, -0.2) is 34.9 Å². The Morgan fingerprint density at radius 1 is 1.00 bits per heavy atom. The largest absolute Gasteiger partial charge is 0.350 e. The lowest BCUT2D eigenvalue weighted by atomic mass is 9.83. The fourth-order valence-electron chi connectivity index (χ4n) is 4.33. The summed E-state index contributed by atoms with van der Waals surface area (Å²) in [4.78, 5) is 32.0. The molecule has 1 aliphatic heterocycles. The molecule has 6 nitrogen and oxygen atoms in total. The van der Waals surface area contributed by atoms with Gasteiger partial charge in [-0.15, -0.1) is 0 Å². The number of pyridine rings is 1. The van der Waals surface area contributed by atoms with Crippen LogP contribution in [-0.2, 0) is 17.9 Å². The minimum Gasteiger partial charge on any atom is -0.350 e. The van der Waals surface area contributed by atoms with Crippen molar-refractivity contribution < 1.29 is 14.0 Å². The Hall–Kier alpha value is -3.74. The van der Waals surface area contributed by atoms with Crippen LogP contribution in [0, 0.1) is 18.7 Å². The molecule has 1 aliphatic rings. The Morgan fingerprint density at radius 2 is 1.79 bits per heavy atom. The molecule has 3 aromatic rings. The predicted octanol–water partition coefficient (Wildman–Crippen LogP) is 4.16. The zero-order chi connectivity index (χ0) is 23.9. The number of likely N-dealkylation sites (tertiary alicyclic amines) is 1. The van der Waals surface area contributed by atoms with E-state index in [-0.39, 0.29) is 29.6 Å². The van der Waals surface area contributed by atoms with Gasteiger partial charge in [0.1, 0.15) is 5.82 Å². The SMILES string of the molecule is Cc1cc(C2CC(C(=O)NCc3ccccn3)CN(C(=O)NCc3ccccc3)C2)ccc1F. The van der Waals surface area contributed by atoms with Gasteiger partial charge in [-0.3, -0.25) is 9.78 Å². The lowest BCUT2D eigenvalue weighted by Gasteiger charge is -2.37. The first-order valence-electron chi connectivity index (χ1n) is 11.5. The van der Waals surface area contributed by atoms with Crippen LogP contribution in [0.2, 0.25) is 0 Å². The third kappa shape index (κ3) is 5.98. The molecule has 0 aliphatic carbocycles. The van der Waals surface area contributed by atoms with Crippen LogP contribution in [0.15, 0.2) is 72.9 Å². The van der Waals surface area contributed by atoms with Crippen LogP contribution >= 0.6 is 0 Å². The fraction of sp³-hybridized carbons (Fsp3) is 0.296. The van der Waals surface area contributed by atoms with Gasteiger partial charge >= 0.3 is 6.03 Å². The van der Waals surface area contributed by atoms with Crippen molar-refractivity contribution in [1.82, 2.24) is 20.5 Å². The van der Waals surface area contributed by atoms with E-state index in [1.54, 1.807) is 24.1 Å². The van der Waals surface area contributed by atoms with Gasteiger partial charge in [0.05, 0.1) is 18.2 Å². The number of nitrogens with one attached hydrogen (secondary N) is 2. The van der Waals surface area contributed by atoms with Crippen LogP contribution in [0.1, 0.15) is 34.7 Å². The van der Waals surface area contributed by atoms with Gasteiger partial charge in [0, 0.05) is 31.7 Å². The maximum absolute atomic E-state index is 13.9. The number of halogens is 1. The molecule has 2 N–H and O–H groups in total. The van der Waals surface area contributed by atoms with Gasteiger partial charge in [0.2, 0.25) is 5.91 Å². The van der Waals surface area contributed by atoms with E-state index in [9.17, 15) is 14.0 Å². The van der Waals surface area contributed by atoms with E-state index in [1.807, 2.05) is 54.6 Å². The number of benzene rings is 2. The number of aromatic nitrogens is 1. The average Bonchev–Trinajstić information content (AvgIpc) is 2.88. The molecule has 3 amide bonds. The Kier molecular flexibility index (Phi) is 7.52. The molecule has 2 heterocycles. The van der Waals surface area contributed by atoms with Crippen molar-refractivity contribution >= 4 is 11.9 Å². The molecule has 1 fully saturated rings. The molecule has 1 aromatic heterocycles. The maximum Gasteiger partial charge on any atom is 0.317 e. The van der Waals surface area contributed by atoms with Gasteiger partial charge in [-0.05, 0) is 48.2 Å². The predicted molar refractivity (Wildman–Crippen MR) is 128 cm³/mol. The minimum absolute atomic E-state index is 0.0684. The highest BCUT2D eigenvalue weighted by atomic mass is 19.1. The lowest BCUT2D eigenvalue weighted by molar-refractivity contribution is -0.126. The molecule has 2 atom stereocenters. The third-order valence-electron chi connectivity index (χ3n) is 6.22. The van der Waals surface area contributed by atoms with Gasteiger partial charge in [-0.2, -0.15) is 0 Å². The van der Waals surface area contributed by atoms with Crippen LogP contribution in [0.4, 0.5) is 9.18 Å². The second kappa shape index (κ2) is 10.9. The van der Waals surface area contributed by atoms with E-state index < -0.39 is 0 Å². The van der Waals surface area contributed by atoms with Crippen molar-refractivity contribution in [3.8, 4) is 0 Å². The first-order valence-corrected chi connectivity index (χ1v) is 11.5. The molecule has 176 valence electrons. The second-order valence-corrected chi connectivity index (χ2v) is 8.73. The summed E-state index contributed by atoms with van der Waals surface area (Å²) in [5.41, 5.74) is 3.26. The molecule has 1 saturated heterocycles. The van der Waals surface area contributed by atoms with Crippen molar-refractivity contribution in [2.45, 2.75) is 32.4 Å². The summed E-state index contributed by atoms with van der Waals surface area (Å²) in [6, 6.07) is 20.1. The van der Waals surface area contributed by atoms with Crippen LogP contribution in [0.3, 0.4) is 0 Å². The number of hydrogen-bond acceptors (Lipinski definition) is 3. The number of aryl methyl sites for hydroxylation is 1. The van der Waals surface area contributed by atoms with E-state index >= 15 is 0 Å². The van der Waals surface area contributed by atoms with Gasteiger partial charge < -0.3 is 15.5 Å². The van der Waals surface area contributed by atoms with Crippen molar-refractivity contribution in [2.24, 2.45) is 5.92 Å². The van der Waals surface area contributed by atoms with Gasteiger partial charge in [-0.1, -0.05) is 48.5 Å². The number of urea groups is 1.